The summed E-state index contributed by atoms with van der Waals surface area (Å²) in [5.74, 6) is 0.634. The lowest BCUT2D eigenvalue weighted by Crippen LogP contribution is -2.60. The number of rotatable bonds is 6. The number of hydrogen-bond acceptors (Lipinski definition) is 12. The maximum absolute atomic E-state index is 10.1. The Morgan fingerprint density at radius 2 is 1.19 bits per heavy atom. The fourth-order valence-corrected chi connectivity index (χ4v) is 8.13. The van der Waals surface area contributed by atoms with Crippen LogP contribution in [0.15, 0.2) is 33.5 Å². The van der Waals surface area contributed by atoms with Gasteiger partial charge in [-0.3, -0.25) is 0 Å². The zero-order valence-corrected chi connectivity index (χ0v) is 33.0. The van der Waals surface area contributed by atoms with Gasteiger partial charge in [0.1, 0.15) is 60.3 Å². The first-order chi connectivity index (χ1) is 22.7. The van der Waals surface area contributed by atoms with E-state index in [9.17, 15) is 40.9 Å². The molecule has 0 amide bonds. The van der Waals surface area contributed by atoms with Crippen molar-refractivity contribution in [3.63, 3.8) is 0 Å². The number of aromatic amines is 2. The number of ether oxygens (including phenoxy) is 4. The van der Waals surface area contributed by atoms with Gasteiger partial charge in [-0.15, -0.1) is 0 Å². The molecule has 20 heteroatoms. The van der Waals surface area contributed by atoms with E-state index in [0.717, 1.165) is 18.2 Å². The van der Waals surface area contributed by atoms with Gasteiger partial charge in [0.25, 0.3) is 0 Å². The van der Waals surface area contributed by atoms with Gasteiger partial charge in [0.05, 0.1) is 53.1 Å². The second kappa shape index (κ2) is 16.2. The van der Waals surface area contributed by atoms with Crippen LogP contribution in [0.1, 0.15) is 0 Å². The summed E-state index contributed by atoms with van der Waals surface area (Å²) in [4.78, 5) is 6.05. The second-order valence-corrected chi connectivity index (χ2v) is 15.3. The summed E-state index contributed by atoms with van der Waals surface area (Å²) in [6.45, 7) is -1.05. The van der Waals surface area contributed by atoms with E-state index in [4.69, 9.17) is 42.1 Å². The van der Waals surface area contributed by atoms with Crippen molar-refractivity contribution in [1.82, 2.24) is 9.97 Å². The molecule has 48 heavy (non-hydrogen) atoms. The molecule has 0 spiro atoms. The highest BCUT2D eigenvalue weighted by Crippen LogP contribution is 2.43. The van der Waals surface area contributed by atoms with Gasteiger partial charge in [0, 0.05) is 20.4 Å². The number of fused-ring (bicyclic) bond motifs is 2. The van der Waals surface area contributed by atoms with E-state index in [0.29, 0.717) is 41.3 Å². The minimum atomic E-state index is -1.51. The Morgan fingerprint density at radius 1 is 0.688 bits per heavy atom. The minimum Gasteiger partial charge on any atom is -0.460 e. The number of aliphatic hydroxyl groups is 8. The fourth-order valence-electron chi connectivity index (χ4n) is 5.10. The lowest BCUT2D eigenvalue weighted by atomic mass is 9.99. The zero-order chi connectivity index (χ0) is 35.2. The average molecular weight is 1070 g/mol. The molecule has 0 aliphatic carbocycles. The molecule has 264 valence electrons. The number of aromatic nitrogens is 2. The van der Waals surface area contributed by atoms with Crippen LogP contribution in [-0.2, 0) is 9.47 Å². The Morgan fingerprint density at radius 3 is 1.71 bits per heavy atom. The monoisotopic (exact) mass is 1070 g/mol. The van der Waals surface area contributed by atoms with Crippen molar-refractivity contribution in [2.45, 2.75) is 61.4 Å². The van der Waals surface area contributed by atoms with Crippen LogP contribution in [0.25, 0.3) is 21.8 Å². The molecule has 4 aromatic rings. The van der Waals surface area contributed by atoms with Gasteiger partial charge < -0.3 is 69.8 Å². The molecule has 10 atom stereocenters. The Kier molecular flexibility index (Phi) is 13.1. The van der Waals surface area contributed by atoms with Crippen molar-refractivity contribution >= 4 is 122 Å². The standard InChI is InChI=1S/C14H13BrClI2NO6.C14H15BrClNO6/c15-6-7(16)5-3(1-19-10(5)9(18)8(6)17)24-14-13(23)12(22)11(21)4(2-20)25-14;15-5-1-2-6-9(10(5)16)7(3-17-6)22-14-13(21)12(20)11(19)8(4-18)23-14/h1,4,11-14,19-23H,2H2;1-3,8,11-14,17-21H,4H2/t4-,11+,12+,13-,14-;8-,11+,12+,13-,14-/m11/s1. The van der Waals surface area contributed by atoms with E-state index in [1.807, 2.05) is 0 Å². The van der Waals surface area contributed by atoms with Crippen molar-refractivity contribution < 1.29 is 59.8 Å². The molecule has 0 bridgehead atoms. The molecule has 14 nitrogen and oxygen atoms in total. The van der Waals surface area contributed by atoms with E-state index in [1.165, 1.54) is 0 Å². The third-order valence-electron chi connectivity index (χ3n) is 7.74. The molecule has 2 aliphatic rings. The first-order valence-corrected chi connectivity index (χ1v) is 18.4. The van der Waals surface area contributed by atoms with Gasteiger partial charge in [0.15, 0.2) is 0 Å². The topological polar surface area (TPSA) is 230 Å². The maximum atomic E-state index is 10.1. The van der Waals surface area contributed by atoms with Gasteiger partial charge in [-0.05, 0) is 89.2 Å². The van der Waals surface area contributed by atoms with Crippen LogP contribution < -0.4 is 9.47 Å². The molecule has 2 aliphatic heterocycles. The first-order valence-electron chi connectivity index (χ1n) is 13.9. The van der Waals surface area contributed by atoms with Crippen molar-refractivity contribution in [1.29, 1.82) is 0 Å². The molecule has 2 aromatic heterocycles. The van der Waals surface area contributed by atoms with Gasteiger partial charge in [-0.25, -0.2) is 0 Å². The number of H-pyrrole nitrogens is 2. The smallest absolute Gasteiger partial charge is 0.229 e. The average Bonchev–Trinajstić information content (AvgIpc) is 3.69. The Hall–Kier alpha value is -0.280. The van der Waals surface area contributed by atoms with Crippen LogP contribution in [0.3, 0.4) is 0 Å². The molecule has 2 aromatic carbocycles. The molecule has 10 N–H and O–H groups in total. The van der Waals surface area contributed by atoms with Crippen molar-refractivity contribution in [2.75, 3.05) is 13.2 Å². The molecule has 6 rings (SSSR count). The van der Waals surface area contributed by atoms with Crippen LogP contribution in [0.2, 0.25) is 10.0 Å². The first kappa shape index (κ1) is 38.9. The van der Waals surface area contributed by atoms with Gasteiger partial charge in [-0.2, -0.15) is 0 Å². The Balaban J connectivity index is 0.000000188. The molecule has 0 radical (unpaired) electrons. The van der Waals surface area contributed by atoms with E-state index < -0.39 is 74.6 Å². The van der Waals surface area contributed by atoms with Crippen molar-refractivity contribution in [3.8, 4) is 11.5 Å². The summed E-state index contributed by atoms with van der Waals surface area (Å²) in [6, 6.07) is 3.57. The number of nitrogens with one attached hydrogen (secondary N) is 2. The highest BCUT2D eigenvalue weighted by Gasteiger charge is 2.46. The Bertz CT molecular complexity index is 1760. The van der Waals surface area contributed by atoms with Crippen molar-refractivity contribution in [3.05, 3.63) is 50.7 Å². The quantitative estimate of drug-likeness (QED) is 0.0765. The summed E-state index contributed by atoms with van der Waals surface area (Å²) in [5, 5.41) is 79.9. The summed E-state index contributed by atoms with van der Waals surface area (Å²) >= 11 is 23.8. The minimum absolute atomic E-state index is 0.315. The predicted octanol–water partition coefficient (Wildman–Crippen LogP) is 2.73. The summed E-state index contributed by atoms with van der Waals surface area (Å²) < 4.78 is 25.3. The van der Waals surface area contributed by atoms with E-state index in [2.05, 4.69) is 87.0 Å². The highest BCUT2D eigenvalue weighted by atomic mass is 127. The summed E-state index contributed by atoms with van der Waals surface area (Å²) in [7, 11) is 0. The third kappa shape index (κ3) is 7.46. The summed E-state index contributed by atoms with van der Waals surface area (Å²) in [5.41, 5.74) is 1.48. The molecule has 2 fully saturated rings. The molecule has 4 heterocycles. The number of aliphatic hydroxyl groups excluding tert-OH is 8. The number of hydrogen-bond donors (Lipinski definition) is 10. The zero-order valence-electron chi connectivity index (χ0n) is 24.0. The van der Waals surface area contributed by atoms with Crippen LogP contribution >= 0.6 is 100 Å². The van der Waals surface area contributed by atoms with Crippen LogP contribution in [0.4, 0.5) is 0 Å². The highest BCUT2D eigenvalue weighted by molar-refractivity contribution is 14.1. The molecule has 0 saturated carbocycles. The molecule has 2 saturated heterocycles. The molecular formula is C28H28Br2Cl2I2N2O12. The SMILES string of the molecule is OC[C@H]1O[C@@H](Oc2c[nH]c3c(I)c(I)c(Br)c(Cl)c23)[C@H](O)[C@@H](O)[C@H]1O.OC[C@H]1O[C@@H](Oc2c[nH]c3ccc(Br)c(Cl)c23)[C@H](O)[C@@H](O)[C@H]1O. The third-order valence-corrected chi connectivity index (χ3v) is 14.4. The lowest BCUT2D eigenvalue weighted by Gasteiger charge is -2.39. The normalized spacial score (nSPS) is 30.7. The van der Waals surface area contributed by atoms with E-state index in [1.54, 1.807) is 24.5 Å². The van der Waals surface area contributed by atoms with Crippen molar-refractivity contribution in [2.24, 2.45) is 0 Å². The largest absolute Gasteiger partial charge is 0.460 e. The van der Waals surface area contributed by atoms with Crippen LogP contribution in [0.5, 0.6) is 11.5 Å². The summed E-state index contributed by atoms with van der Waals surface area (Å²) in [6.07, 6.45) is -10.4. The lowest BCUT2D eigenvalue weighted by molar-refractivity contribution is -0.277. The van der Waals surface area contributed by atoms with Gasteiger partial charge >= 0.3 is 0 Å². The van der Waals surface area contributed by atoms with Crippen LogP contribution in [0, 0.1) is 7.14 Å². The maximum Gasteiger partial charge on any atom is 0.229 e. The number of halogens is 6. The molecule has 0 unspecified atom stereocenters. The molecular weight excluding hydrogens is 1040 g/mol. The van der Waals surface area contributed by atoms with E-state index in [-0.39, 0.29) is 0 Å². The van der Waals surface area contributed by atoms with Crippen LogP contribution in [-0.4, -0.2) is 125 Å². The van der Waals surface area contributed by atoms with Gasteiger partial charge in [-0.1, -0.05) is 23.2 Å². The Labute approximate surface area is 325 Å². The number of benzene rings is 2. The second-order valence-electron chi connectivity index (χ2n) is 10.7. The fraction of sp³-hybridized carbons (Fsp3) is 0.429. The van der Waals surface area contributed by atoms with Gasteiger partial charge in [0.2, 0.25) is 12.6 Å². The predicted molar refractivity (Wildman–Crippen MR) is 196 cm³/mol. The van der Waals surface area contributed by atoms with E-state index >= 15 is 0 Å².